The standard InChI is InChI=1S/C11H13F3O/c1-7-3-4-9(8(2)6-15)5-10(7)11(12,13)14/h3-5,8,15H,6H2,1-2H3. The molecule has 0 aromatic heterocycles. The molecule has 0 aliphatic carbocycles. The molecule has 1 N–H and O–H groups in total. The molecule has 0 heterocycles. The molecule has 84 valence electrons. The van der Waals surface area contributed by atoms with E-state index in [1.165, 1.54) is 13.0 Å². The molecule has 0 aliphatic heterocycles. The topological polar surface area (TPSA) is 20.2 Å². The van der Waals surface area contributed by atoms with E-state index in [0.717, 1.165) is 6.07 Å². The molecule has 4 heteroatoms. The lowest BCUT2D eigenvalue weighted by molar-refractivity contribution is -0.138. The average molecular weight is 218 g/mol. The van der Waals surface area contributed by atoms with Crippen LogP contribution in [0.1, 0.15) is 29.5 Å². The van der Waals surface area contributed by atoms with Crippen LogP contribution in [-0.4, -0.2) is 11.7 Å². The van der Waals surface area contributed by atoms with Crippen LogP contribution in [0.15, 0.2) is 18.2 Å². The Hall–Kier alpha value is -1.03. The Balaban J connectivity index is 3.17. The van der Waals surface area contributed by atoms with Gasteiger partial charge in [0.15, 0.2) is 0 Å². The third-order valence-electron chi connectivity index (χ3n) is 2.41. The van der Waals surface area contributed by atoms with Gasteiger partial charge in [0.2, 0.25) is 0 Å². The van der Waals surface area contributed by atoms with E-state index in [2.05, 4.69) is 0 Å². The zero-order valence-corrected chi connectivity index (χ0v) is 8.60. The fourth-order valence-corrected chi connectivity index (χ4v) is 1.36. The van der Waals surface area contributed by atoms with Crippen molar-refractivity contribution in [2.75, 3.05) is 6.61 Å². The minimum atomic E-state index is -4.32. The molecule has 1 aromatic carbocycles. The van der Waals surface area contributed by atoms with Crippen molar-refractivity contribution in [2.24, 2.45) is 0 Å². The molecule has 1 unspecified atom stereocenters. The van der Waals surface area contributed by atoms with E-state index in [0.29, 0.717) is 5.56 Å². The molecule has 1 nitrogen and oxygen atoms in total. The van der Waals surface area contributed by atoms with Crippen LogP contribution in [0.4, 0.5) is 13.2 Å². The van der Waals surface area contributed by atoms with Crippen LogP contribution in [-0.2, 0) is 6.18 Å². The summed E-state index contributed by atoms with van der Waals surface area (Å²) in [5.74, 6) is -0.272. The number of aliphatic hydroxyl groups is 1. The van der Waals surface area contributed by atoms with Crippen molar-refractivity contribution in [1.29, 1.82) is 0 Å². The maximum absolute atomic E-state index is 12.5. The highest BCUT2D eigenvalue weighted by molar-refractivity contribution is 5.34. The van der Waals surface area contributed by atoms with Gasteiger partial charge in [0.1, 0.15) is 0 Å². The lowest BCUT2D eigenvalue weighted by atomic mass is 9.97. The van der Waals surface area contributed by atoms with Crippen molar-refractivity contribution in [2.45, 2.75) is 25.9 Å². The number of alkyl halides is 3. The molecule has 0 amide bonds. The normalized spacial score (nSPS) is 14.0. The summed E-state index contributed by atoms with van der Waals surface area (Å²) in [6, 6.07) is 4.16. The second kappa shape index (κ2) is 4.23. The maximum atomic E-state index is 12.5. The molecular formula is C11H13F3O. The first-order valence-corrected chi connectivity index (χ1v) is 4.65. The van der Waals surface area contributed by atoms with Gasteiger partial charge in [-0.25, -0.2) is 0 Å². The SMILES string of the molecule is Cc1ccc(C(C)CO)cc1C(F)(F)F. The summed E-state index contributed by atoms with van der Waals surface area (Å²) in [7, 11) is 0. The molecule has 0 fully saturated rings. The second-order valence-corrected chi connectivity index (χ2v) is 3.66. The summed E-state index contributed by atoms with van der Waals surface area (Å²) < 4.78 is 37.6. The Labute approximate surface area is 86.5 Å². The smallest absolute Gasteiger partial charge is 0.396 e. The summed E-state index contributed by atoms with van der Waals surface area (Å²) in [4.78, 5) is 0. The molecular weight excluding hydrogens is 205 g/mol. The number of aryl methyl sites for hydroxylation is 1. The van der Waals surface area contributed by atoms with Gasteiger partial charge in [-0.15, -0.1) is 0 Å². The van der Waals surface area contributed by atoms with Crippen LogP contribution < -0.4 is 0 Å². The van der Waals surface area contributed by atoms with Gasteiger partial charge in [0.05, 0.1) is 5.56 Å². The molecule has 0 bridgehead atoms. The number of hydrogen-bond acceptors (Lipinski definition) is 1. The molecule has 0 aliphatic rings. The molecule has 0 radical (unpaired) electrons. The summed E-state index contributed by atoms with van der Waals surface area (Å²) in [5, 5.41) is 8.87. The summed E-state index contributed by atoms with van der Waals surface area (Å²) in [5.41, 5.74) is 0.0899. The Morgan fingerprint density at radius 1 is 1.33 bits per heavy atom. The van der Waals surface area contributed by atoms with Crippen molar-refractivity contribution in [3.05, 3.63) is 34.9 Å². The number of benzene rings is 1. The highest BCUT2D eigenvalue weighted by atomic mass is 19.4. The van der Waals surface area contributed by atoms with Crippen LogP contribution >= 0.6 is 0 Å². The number of hydrogen-bond donors (Lipinski definition) is 1. The fraction of sp³-hybridized carbons (Fsp3) is 0.455. The predicted molar refractivity (Wildman–Crippen MR) is 51.7 cm³/mol. The summed E-state index contributed by atoms with van der Waals surface area (Å²) in [6.07, 6.45) is -4.32. The molecule has 0 spiro atoms. The molecule has 1 aromatic rings. The van der Waals surface area contributed by atoms with E-state index in [1.54, 1.807) is 13.0 Å². The van der Waals surface area contributed by atoms with Crippen LogP contribution in [0, 0.1) is 6.92 Å². The third kappa shape index (κ3) is 2.72. The zero-order valence-electron chi connectivity index (χ0n) is 8.60. The van der Waals surface area contributed by atoms with E-state index in [4.69, 9.17) is 5.11 Å². The minimum Gasteiger partial charge on any atom is -0.396 e. The lowest BCUT2D eigenvalue weighted by Gasteiger charge is -2.14. The van der Waals surface area contributed by atoms with Crippen molar-refractivity contribution >= 4 is 0 Å². The molecule has 0 saturated carbocycles. The van der Waals surface area contributed by atoms with Crippen LogP contribution in [0.3, 0.4) is 0 Å². The predicted octanol–water partition coefficient (Wildman–Crippen LogP) is 3.11. The largest absolute Gasteiger partial charge is 0.416 e. The van der Waals surface area contributed by atoms with E-state index in [9.17, 15) is 13.2 Å². The summed E-state index contributed by atoms with van der Waals surface area (Å²) in [6.45, 7) is 2.96. The van der Waals surface area contributed by atoms with Gasteiger partial charge in [-0.1, -0.05) is 19.1 Å². The Morgan fingerprint density at radius 3 is 2.40 bits per heavy atom. The first-order valence-electron chi connectivity index (χ1n) is 4.65. The quantitative estimate of drug-likeness (QED) is 0.808. The van der Waals surface area contributed by atoms with Crippen molar-refractivity contribution in [1.82, 2.24) is 0 Å². The van der Waals surface area contributed by atoms with Gasteiger partial charge >= 0.3 is 6.18 Å². The van der Waals surface area contributed by atoms with Crippen molar-refractivity contribution in [3.63, 3.8) is 0 Å². The number of aliphatic hydroxyl groups excluding tert-OH is 1. The van der Waals surface area contributed by atoms with Gasteiger partial charge in [0.25, 0.3) is 0 Å². The lowest BCUT2D eigenvalue weighted by Crippen LogP contribution is -2.09. The third-order valence-corrected chi connectivity index (χ3v) is 2.41. The van der Waals surface area contributed by atoms with Crippen LogP contribution in [0.25, 0.3) is 0 Å². The van der Waals surface area contributed by atoms with Crippen molar-refractivity contribution in [3.8, 4) is 0 Å². The van der Waals surface area contributed by atoms with Gasteiger partial charge in [-0.2, -0.15) is 13.2 Å². The van der Waals surface area contributed by atoms with Crippen LogP contribution in [0.5, 0.6) is 0 Å². The molecule has 15 heavy (non-hydrogen) atoms. The number of rotatable bonds is 2. The average Bonchev–Trinajstić information content (AvgIpc) is 2.15. The Bertz CT molecular complexity index is 344. The fourth-order valence-electron chi connectivity index (χ4n) is 1.36. The second-order valence-electron chi connectivity index (χ2n) is 3.66. The first kappa shape index (κ1) is 12.0. The number of halogens is 3. The van der Waals surface area contributed by atoms with E-state index in [1.807, 2.05) is 0 Å². The highest BCUT2D eigenvalue weighted by Crippen LogP contribution is 2.33. The van der Waals surface area contributed by atoms with Gasteiger partial charge in [-0.3, -0.25) is 0 Å². The van der Waals surface area contributed by atoms with E-state index in [-0.39, 0.29) is 18.1 Å². The highest BCUT2D eigenvalue weighted by Gasteiger charge is 2.32. The van der Waals surface area contributed by atoms with Crippen molar-refractivity contribution < 1.29 is 18.3 Å². The molecule has 1 rings (SSSR count). The first-order chi connectivity index (χ1) is 6.86. The molecule has 1 atom stereocenters. The minimum absolute atomic E-state index is 0.152. The summed E-state index contributed by atoms with van der Waals surface area (Å²) >= 11 is 0. The maximum Gasteiger partial charge on any atom is 0.416 e. The van der Waals surface area contributed by atoms with Crippen LogP contribution in [0.2, 0.25) is 0 Å². The van der Waals surface area contributed by atoms with E-state index >= 15 is 0 Å². The Morgan fingerprint density at radius 2 is 1.93 bits per heavy atom. The van der Waals surface area contributed by atoms with E-state index < -0.39 is 11.7 Å². The van der Waals surface area contributed by atoms with Gasteiger partial charge < -0.3 is 5.11 Å². The monoisotopic (exact) mass is 218 g/mol. The van der Waals surface area contributed by atoms with Gasteiger partial charge in [0, 0.05) is 12.5 Å². The zero-order chi connectivity index (χ0) is 11.6. The molecule has 0 saturated heterocycles. The Kier molecular flexibility index (Phi) is 3.39. The van der Waals surface area contributed by atoms with Gasteiger partial charge in [-0.05, 0) is 24.1 Å².